The Bertz CT molecular complexity index is 1150. The molecule has 0 unspecified atom stereocenters. The zero-order valence-corrected chi connectivity index (χ0v) is 14.3. The van der Waals surface area contributed by atoms with Crippen molar-refractivity contribution in [3.63, 3.8) is 0 Å². The average Bonchev–Trinajstić information content (AvgIpc) is 3.28. The van der Waals surface area contributed by atoms with Gasteiger partial charge in [-0.25, -0.2) is 9.78 Å². The summed E-state index contributed by atoms with van der Waals surface area (Å²) in [4.78, 5) is 24.1. The second-order valence-electron chi connectivity index (χ2n) is 6.86. The molecule has 2 N–H and O–H groups in total. The van der Waals surface area contributed by atoms with Crippen LogP contribution in [0.4, 0.5) is 11.5 Å². The van der Waals surface area contributed by atoms with Crippen molar-refractivity contribution in [3.05, 3.63) is 59.3 Å². The summed E-state index contributed by atoms with van der Waals surface area (Å²) in [7, 11) is 0. The molecular formula is C20H19N5O. The van der Waals surface area contributed by atoms with Gasteiger partial charge in [0.2, 0.25) is 0 Å². The fourth-order valence-electron chi connectivity index (χ4n) is 3.92. The third-order valence-electron chi connectivity index (χ3n) is 5.17. The first-order chi connectivity index (χ1) is 12.8. The molecule has 0 atom stereocenters. The first-order valence-electron chi connectivity index (χ1n) is 9.00. The average molecular weight is 345 g/mol. The van der Waals surface area contributed by atoms with Gasteiger partial charge in [0, 0.05) is 29.4 Å². The first kappa shape index (κ1) is 15.1. The van der Waals surface area contributed by atoms with E-state index in [1.54, 1.807) is 12.4 Å². The lowest BCUT2D eigenvalue weighted by Crippen LogP contribution is -2.20. The topological polar surface area (TPSA) is 75.6 Å². The zero-order valence-electron chi connectivity index (χ0n) is 14.3. The van der Waals surface area contributed by atoms with Crippen LogP contribution >= 0.6 is 0 Å². The molecule has 0 amide bonds. The molecule has 0 saturated heterocycles. The number of fused-ring (bicyclic) bond motifs is 2. The van der Waals surface area contributed by atoms with E-state index in [4.69, 9.17) is 0 Å². The molecule has 26 heavy (non-hydrogen) atoms. The number of hydrogen-bond donors (Lipinski definition) is 2. The van der Waals surface area contributed by atoms with Crippen molar-refractivity contribution in [1.82, 2.24) is 19.5 Å². The number of aromatic nitrogens is 4. The van der Waals surface area contributed by atoms with Gasteiger partial charge in [0.25, 0.3) is 0 Å². The lowest BCUT2D eigenvalue weighted by Gasteiger charge is -2.12. The third-order valence-corrected chi connectivity index (χ3v) is 5.17. The number of nitrogens with one attached hydrogen (secondary N) is 2. The van der Waals surface area contributed by atoms with Crippen molar-refractivity contribution in [2.24, 2.45) is 0 Å². The maximum Gasteiger partial charge on any atom is 0.326 e. The molecule has 0 aliphatic heterocycles. The molecule has 0 spiro atoms. The summed E-state index contributed by atoms with van der Waals surface area (Å²) in [6, 6.07) is 12.2. The lowest BCUT2D eigenvalue weighted by molar-refractivity contribution is 0.518. The van der Waals surface area contributed by atoms with Gasteiger partial charge in [-0.05, 0) is 37.1 Å². The molecule has 1 aliphatic rings. The number of nitrogens with zero attached hydrogens (tertiary/aromatic N) is 3. The summed E-state index contributed by atoms with van der Waals surface area (Å²) in [6.45, 7) is 0. The van der Waals surface area contributed by atoms with Crippen LogP contribution in [-0.4, -0.2) is 19.5 Å². The van der Waals surface area contributed by atoms with Crippen LogP contribution in [0.5, 0.6) is 0 Å². The highest BCUT2D eigenvalue weighted by Crippen LogP contribution is 2.31. The maximum absolute atomic E-state index is 12.4. The monoisotopic (exact) mass is 345 g/mol. The summed E-state index contributed by atoms with van der Waals surface area (Å²) in [5.74, 6) is 0.728. The Hall–Kier alpha value is -3.15. The van der Waals surface area contributed by atoms with Gasteiger partial charge < -0.3 is 10.3 Å². The van der Waals surface area contributed by atoms with E-state index in [9.17, 15) is 4.79 Å². The highest BCUT2D eigenvalue weighted by Gasteiger charge is 2.21. The van der Waals surface area contributed by atoms with E-state index >= 15 is 0 Å². The molecule has 3 heterocycles. The van der Waals surface area contributed by atoms with Crippen LogP contribution in [-0.2, 0) is 0 Å². The van der Waals surface area contributed by atoms with Crippen LogP contribution in [0.25, 0.3) is 21.9 Å². The van der Waals surface area contributed by atoms with E-state index in [2.05, 4.69) is 26.3 Å². The van der Waals surface area contributed by atoms with Crippen molar-refractivity contribution >= 4 is 33.4 Å². The number of hydrogen-bond acceptors (Lipinski definition) is 4. The van der Waals surface area contributed by atoms with Crippen molar-refractivity contribution in [2.45, 2.75) is 31.7 Å². The Labute approximate surface area is 149 Å². The summed E-state index contributed by atoms with van der Waals surface area (Å²) >= 11 is 0. The smallest absolute Gasteiger partial charge is 0.326 e. The summed E-state index contributed by atoms with van der Waals surface area (Å²) in [5, 5.41) is 4.42. The number of pyridine rings is 2. The number of H-pyrrole nitrogens is 1. The second-order valence-corrected chi connectivity index (χ2v) is 6.86. The van der Waals surface area contributed by atoms with E-state index in [0.29, 0.717) is 6.04 Å². The molecule has 130 valence electrons. The first-order valence-corrected chi connectivity index (χ1v) is 9.00. The Morgan fingerprint density at radius 2 is 2.00 bits per heavy atom. The Morgan fingerprint density at radius 1 is 1.12 bits per heavy atom. The molecule has 4 aromatic rings. The minimum absolute atomic E-state index is 0.0392. The van der Waals surface area contributed by atoms with E-state index in [1.807, 2.05) is 34.9 Å². The number of anilines is 2. The highest BCUT2D eigenvalue weighted by atomic mass is 16.1. The summed E-state index contributed by atoms with van der Waals surface area (Å²) in [6.07, 6.45) is 8.02. The van der Waals surface area contributed by atoms with Gasteiger partial charge in [0.1, 0.15) is 5.82 Å². The third kappa shape index (κ3) is 2.54. The Kier molecular flexibility index (Phi) is 3.48. The van der Waals surface area contributed by atoms with Gasteiger partial charge in [-0.3, -0.25) is 9.55 Å². The molecule has 5 rings (SSSR count). The maximum atomic E-state index is 12.4. The SMILES string of the molecule is O=c1[nH]c2cnc(Nc3ccc4ncccc4c3)cc2n1C1CCCC1. The molecule has 0 bridgehead atoms. The summed E-state index contributed by atoms with van der Waals surface area (Å²) < 4.78 is 1.90. The van der Waals surface area contributed by atoms with Crippen LogP contribution in [0.2, 0.25) is 0 Å². The number of aromatic amines is 1. The van der Waals surface area contributed by atoms with Gasteiger partial charge in [-0.2, -0.15) is 0 Å². The molecule has 6 heteroatoms. The van der Waals surface area contributed by atoms with E-state index in [0.717, 1.165) is 46.3 Å². The normalized spacial score (nSPS) is 15.1. The fraction of sp³-hybridized carbons (Fsp3) is 0.250. The van der Waals surface area contributed by atoms with Crippen LogP contribution in [0, 0.1) is 0 Å². The predicted molar refractivity (Wildman–Crippen MR) is 103 cm³/mol. The summed E-state index contributed by atoms with van der Waals surface area (Å²) in [5.41, 5.74) is 3.57. The number of imidazole rings is 1. The molecule has 1 aliphatic carbocycles. The minimum atomic E-state index is -0.0392. The molecule has 1 fully saturated rings. The minimum Gasteiger partial charge on any atom is -0.340 e. The van der Waals surface area contributed by atoms with Crippen molar-refractivity contribution < 1.29 is 0 Å². The van der Waals surface area contributed by atoms with Crippen LogP contribution in [0.1, 0.15) is 31.7 Å². The number of rotatable bonds is 3. The largest absolute Gasteiger partial charge is 0.340 e. The molecule has 6 nitrogen and oxygen atoms in total. The zero-order chi connectivity index (χ0) is 17.5. The molecule has 3 aromatic heterocycles. The standard InChI is InChI=1S/C20H19N5O/c26-20-24-17-12-22-19(11-18(17)25(20)15-5-1-2-6-15)23-14-7-8-16-13(10-14)4-3-9-21-16/h3-4,7-12,15H,1-2,5-6H2,(H,22,23)(H,24,26). The van der Waals surface area contributed by atoms with E-state index in [-0.39, 0.29) is 5.69 Å². The van der Waals surface area contributed by atoms with Gasteiger partial charge in [0.05, 0.1) is 22.7 Å². The Morgan fingerprint density at radius 3 is 2.88 bits per heavy atom. The molecular weight excluding hydrogens is 326 g/mol. The fourth-order valence-corrected chi connectivity index (χ4v) is 3.92. The number of benzene rings is 1. The van der Waals surface area contributed by atoms with Crippen LogP contribution in [0.3, 0.4) is 0 Å². The second kappa shape index (κ2) is 5.98. The van der Waals surface area contributed by atoms with E-state index in [1.165, 1.54) is 12.8 Å². The van der Waals surface area contributed by atoms with Crippen LogP contribution < -0.4 is 11.0 Å². The van der Waals surface area contributed by atoms with Crippen LogP contribution in [0.15, 0.2) is 53.6 Å². The molecule has 1 aromatic carbocycles. The van der Waals surface area contributed by atoms with Gasteiger partial charge in [-0.15, -0.1) is 0 Å². The van der Waals surface area contributed by atoms with Gasteiger partial charge in [-0.1, -0.05) is 18.9 Å². The molecule has 0 radical (unpaired) electrons. The lowest BCUT2D eigenvalue weighted by atomic mass is 10.2. The Balaban J connectivity index is 1.54. The molecule has 1 saturated carbocycles. The van der Waals surface area contributed by atoms with Gasteiger partial charge in [0.15, 0.2) is 0 Å². The van der Waals surface area contributed by atoms with Gasteiger partial charge >= 0.3 is 5.69 Å². The van der Waals surface area contributed by atoms with Crippen molar-refractivity contribution in [2.75, 3.05) is 5.32 Å². The highest BCUT2D eigenvalue weighted by molar-refractivity contribution is 5.84. The van der Waals surface area contributed by atoms with Crippen molar-refractivity contribution in [1.29, 1.82) is 0 Å². The quantitative estimate of drug-likeness (QED) is 0.585. The van der Waals surface area contributed by atoms with E-state index < -0.39 is 0 Å². The predicted octanol–water partition coefficient (Wildman–Crippen LogP) is 4.13. The van der Waals surface area contributed by atoms with Crippen molar-refractivity contribution in [3.8, 4) is 0 Å².